The van der Waals surface area contributed by atoms with Crippen LogP contribution in [0.15, 0.2) is 91.0 Å². The second kappa shape index (κ2) is 15.3. The molecule has 0 saturated carbocycles. The van der Waals surface area contributed by atoms with Crippen LogP contribution in [0.1, 0.15) is 43.9 Å². The van der Waals surface area contributed by atoms with Crippen molar-refractivity contribution in [2.45, 2.75) is 70.4 Å². The van der Waals surface area contributed by atoms with E-state index in [9.17, 15) is 19.2 Å². The summed E-state index contributed by atoms with van der Waals surface area (Å²) in [7, 11) is 0. The summed E-state index contributed by atoms with van der Waals surface area (Å²) in [6.45, 7) is 5.82. The minimum absolute atomic E-state index is 0.0556. The summed E-state index contributed by atoms with van der Waals surface area (Å²) in [4.78, 5) is 53.7. The molecule has 1 aliphatic rings. The lowest BCUT2D eigenvalue weighted by molar-refractivity contribution is -0.133. The van der Waals surface area contributed by atoms with Gasteiger partial charge in [0, 0.05) is 6.42 Å². The molecule has 0 aliphatic carbocycles. The Balaban J connectivity index is 1.50. The van der Waals surface area contributed by atoms with Crippen molar-refractivity contribution in [3.8, 4) is 0 Å². The molecule has 3 aromatic carbocycles. The Hall–Kier alpha value is -4.50. The molecule has 44 heavy (non-hydrogen) atoms. The molecule has 232 valence electrons. The van der Waals surface area contributed by atoms with Crippen molar-refractivity contribution in [3.63, 3.8) is 0 Å². The Morgan fingerprint density at radius 2 is 1.23 bits per heavy atom. The molecule has 0 aromatic heterocycles. The number of ketones is 1. The Bertz CT molecular complexity index is 1400. The summed E-state index contributed by atoms with van der Waals surface area (Å²) in [5.74, 6) is -1.50. The highest BCUT2D eigenvalue weighted by atomic mass is 16.6. The molecule has 3 amide bonds. The van der Waals surface area contributed by atoms with E-state index in [-0.39, 0.29) is 31.1 Å². The van der Waals surface area contributed by atoms with Crippen molar-refractivity contribution in [1.82, 2.24) is 16.0 Å². The molecule has 9 heteroatoms. The van der Waals surface area contributed by atoms with Crippen LogP contribution >= 0.6 is 0 Å². The van der Waals surface area contributed by atoms with Crippen molar-refractivity contribution in [3.05, 3.63) is 108 Å². The fourth-order valence-electron chi connectivity index (χ4n) is 4.86. The summed E-state index contributed by atoms with van der Waals surface area (Å²) in [5, 5.41) is 8.45. The SMILES string of the molecule is CC[C@H](C)[C@@H](NC(=O)OCc1ccccc1)C(=O)N[C@@H](Cc1ccccc1)C(=O)N[C@@H](Cc1ccccc1)C(=O)[C@@]1(C)CO1. The van der Waals surface area contributed by atoms with Crippen LogP contribution in [-0.2, 0) is 43.3 Å². The van der Waals surface area contributed by atoms with Crippen LogP contribution < -0.4 is 16.0 Å². The van der Waals surface area contributed by atoms with Crippen LogP contribution in [0.5, 0.6) is 0 Å². The molecule has 0 bridgehead atoms. The highest BCUT2D eigenvalue weighted by Crippen LogP contribution is 2.29. The molecule has 0 radical (unpaired) electrons. The number of carbonyl (C=O) groups excluding carboxylic acids is 4. The second-order valence-electron chi connectivity index (χ2n) is 11.5. The minimum Gasteiger partial charge on any atom is -0.445 e. The Morgan fingerprint density at radius 3 is 1.73 bits per heavy atom. The summed E-state index contributed by atoms with van der Waals surface area (Å²) in [6.07, 6.45) is 0.327. The number of nitrogens with one attached hydrogen (secondary N) is 3. The third-order valence-electron chi connectivity index (χ3n) is 7.91. The Morgan fingerprint density at radius 1 is 0.750 bits per heavy atom. The van der Waals surface area contributed by atoms with Gasteiger partial charge in [-0.1, -0.05) is 111 Å². The minimum atomic E-state index is -1.02. The fourth-order valence-corrected chi connectivity index (χ4v) is 4.86. The lowest BCUT2D eigenvalue weighted by atomic mass is 9.94. The van der Waals surface area contributed by atoms with Crippen LogP contribution in [0.4, 0.5) is 4.79 Å². The van der Waals surface area contributed by atoms with Gasteiger partial charge in [-0.25, -0.2) is 4.79 Å². The molecule has 3 N–H and O–H groups in total. The summed E-state index contributed by atoms with van der Waals surface area (Å²) in [5.41, 5.74) is 1.58. The standard InChI is InChI=1S/C35H41N3O6/c1-4-24(2)30(38-34(42)43-22-27-18-12-7-13-19-27)33(41)37-29(21-26-16-10-6-11-17-26)32(40)36-28(31(39)35(3)23-44-35)20-25-14-8-5-9-15-25/h5-19,24,28-30H,4,20-23H2,1-3H3,(H,36,40)(H,37,41)(H,38,42)/t24-,28-,29-,30+,35+/m0/s1. The Labute approximate surface area is 258 Å². The highest BCUT2D eigenvalue weighted by Gasteiger charge is 2.50. The number of alkyl carbamates (subject to hydrolysis) is 1. The zero-order valence-corrected chi connectivity index (χ0v) is 25.5. The van der Waals surface area contributed by atoms with Crippen molar-refractivity contribution >= 4 is 23.7 Å². The average Bonchev–Trinajstić information content (AvgIpc) is 3.80. The molecule has 1 heterocycles. The van der Waals surface area contributed by atoms with Gasteiger partial charge in [0.05, 0.1) is 12.6 Å². The van der Waals surface area contributed by atoms with Crippen LogP contribution in [0.25, 0.3) is 0 Å². The maximum Gasteiger partial charge on any atom is 0.408 e. The molecule has 5 atom stereocenters. The van der Waals surface area contributed by atoms with Crippen molar-refractivity contribution in [2.75, 3.05) is 6.61 Å². The molecule has 1 fully saturated rings. The molecule has 0 spiro atoms. The maximum atomic E-state index is 13.8. The van der Waals surface area contributed by atoms with Gasteiger partial charge < -0.3 is 25.4 Å². The van der Waals surface area contributed by atoms with Gasteiger partial charge in [-0.3, -0.25) is 14.4 Å². The normalized spacial score (nSPS) is 18.2. The van der Waals surface area contributed by atoms with Crippen LogP contribution in [0, 0.1) is 5.92 Å². The lowest BCUT2D eigenvalue weighted by Crippen LogP contribution is -2.58. The first-order valence-corrected chi connectivity index (χ1v) is 15.0. The molecule has 1 aliphatic heterocycles. The van der Waals surface area contributed by atoms with Crippen LogP contribution in [-0.4, -0.2) is 54.0 Å². The Kier molecular flexibility index (Phi) is 11.3. The van der Waals surface area contributed by atoms with Gasteiger partial charge in [0.15, 0.2) is 5.78 Å². The van der Waals surface area contributed by atoms with Gasteiger partial charge in [-0.15, -0.1) is 0 Å². The average molecular weight is 600 g/mol. The predicted molar refractivity (Wildman–Crippen MR) is 167 cm³/mol. The molecular weight excluding hydrogens is 558 g/mol. The van der Waals surface area contributed by atoms with E-state index < -0.39 is 41.6 Å². The van der Waals surface area contributed by atoms with E-state index in [1.54, 1.807) is 6.92 Å². The van der Waals surface area contributed by atoms with E-state index >= 15 is 0 Å². The van der Waals surface area contributed by atoms with Gasteiger partial charge in [0.1, 0.15) is 24.3 Å². The summed E-state index contributed by atoms with van der Waals surface area (Å²) in [6, 6.07) is 25.1. The van der Waals surface area contributed by atoms with E-state index in [2.05, 4.69) is 16.0 Å². The quantitative estimate of drug-likeness (QED) is 0.226. The number of hydrogen-bond acceptors (Lipinski definition) is 6. The van der Waals surface area contributed by atoms with Gasteiger partial charge in [-0.05, 0) is 36.0 Å². The summed E-state index contributed by atoms with van der Waals surface area (Å²) < 4.78 is 10.8. The van der Waals surface area contributed by atoms with E-state index in [0.717, 1.165) is 16.7 Å². The predicted octanol–water partition coefficient (Wildman–Crippen LogP) is 4.14. The zero-order chi connectivity index (χ0) is 31.5. The number of benzene rings is 3. The third-order valence-corrected chi connectivity index (χ3v) is 7.91. The number of Topliss-reactive ketones (excluding diaryl/α,β-unsaturated/α-hetero) is 1. The fraction of sp³-hybridized carbons (Fsp3) is 0.371. The molecule has 1 saturated heterocycles. The van der Waals surface area contributed by atoms with Gasteiger partial charge in [0.25, 0.3) is 0 Å². The molecule has 9 nitrogen and oxygen atoms in total. The second-order valence-corrected chi connectivity index (χ2v) is 11.5. The monoisotopic (exact) mass is 599 g/mol. The van der Waals surface area contributed by atoms with E-state index in [0.29, 0.717) is 13.0 Å². The number of amides is 3. The first kappa shape index (κ1) is 32.4. The smallest absolute Gasteiger partial charge is 0.408 e. The lowest BCUT2D eigenvalue weighted by Gasteiger charge is -2.28. The number of epoxide rings is 1. The van der Waals surface area contributed by atoms with E-state index in [4.69, 9.17) is 9.47 Å². The number of hydrogen-bond donors (Lipinski definition) is 3. The van der Waals surface area contributed by atoms with E-state index in [1.807, 2.05) is 105 Å². The number of ether oxygens (including phenoxy) is 2. The van der Waals surface area contributed by atoms with Gasteiger partial charge in [-0.2, -0.15) is 0 Å². The summed E-state index contributed by atoms with van der Waals surface area (Å²) >= 11 is 0. The number of carbonyl (C=O) groups is 4. The van der Waals surface area contributed by atoms with Crippen LogP contribution in [0.3, 0.4) is 0 Å². The molecular formula is C35H41N3O6. The molecule has 0 unspecified atom stereocenters. The van der Waals surface area contributed by atoms with Gasteiger partial charge in [0.2, 0.25) is 11.8 Å². The first-order valence-electron chi connectivity index (χ1n) is 15.0. The zero-order valence-electron chi connectivity index (χ0n) is 25.5. The van der Waals surface area contributed by atoms with Crippen molar-refractivity contribution in [2.24, 2.45) is 5.92 Å². The first-order chi connectivity index (χ1) is 21.2. The number of rotatable bonds is 15. The molecule has 4 rings (SSSR count). The van der Waals surface area contributed by atoms with Crippen LogP contribution in [0.2, 0.25) is 0 Å². The third kappa shape index (κ3) is 9.25. The largest absolute Gasteiger partial charge is 0.445 e. The highest BCUT2D eigenvalue weighted by molar-refractivity contribution is 5.98. The van der Waals surface area contributed by atoms with Crippen molar-refractivity contribution < 1.29 is 28.7 Å². The van der Waals surface area contributed by atoms with E-state index in [1.165, 1.54) is 0 Å². The topological polar surface area (TPSA) is 126 Å². The van der Waals surface area contributed by atoms with Crippen molar-refractivity contribution in [1.29, 1.82) is 0 Å². The van der Waals surface area contributed by atoms with Gasteiger partial charge >= 0.3 is 6.09 Å². The molecule has 3 aromatic rings. The maximum absolute atomic E-state index is 13.8.